The van der Waals surface area contributed by atoms with E-state index in [1.807, 2.05) is 0 Å². The second-order valence-electron chi connectivity index (χ2n) is 3.26. The van der Waals surface area contributed by atoms with Crippen LogP contribution in [0.2, 0.25) is 0 Å². The van der Waals surface area contributed by atoms with E-state index in [1.54, 1.807) is 0 Å². The molecule has 0 saturated carbocycles. The summed E-state index contributed by atoms with van der Waals surface area (Å²) in [4.78, 5) is 3.96. The number of ether oxygens (including phenoxy) is 1. The lowest BCUT2D eigenvalue weighted by molar-refractivity contribution is -0.274. The first-order chi connectivity index (χ1) is 8.42. The van der Waals surface area contributed by atoms with Crippen molar-refractivity contribution in [2.24, 2.45) is 0 Å². The van der Waals surface area contributed by atoms with Crippen LogP contribution in [0.3, 0.4) is 0 Å². The Bertz CT molecular complexity index is 524. The Kier molecular flexibility index (Phi) is 3.28. The number of anilines is 3. The summed E-state index contributed by atoms with van der Waals surface area (Å²) >= 11 is 1.24. The van der Waals surface area contributed by atoms with E-state index in [9.17, 15) is 13.2 Å². The maximum atomic E-state index is 11.9. The van der Waals surface area contributed by atoms with Gasteiger partial charge in [-0.2, -0.15) is 0 Å². The molecule has 0 atom stereocenters. The molecule has 1 aromatic heterocycles. The predicted octanol–water partition coefficient (Wildman–Crippen LogP) is 3.37. The van der Waals surface area contributed by atoms with Crippen LogP contribution in [0, 0.1) is 0 Å². The molecule has 4 nitrogen and oxygen atoms in total. The minimum atomic E-state index is -4.68. The molecule has 0 amide bonds. The van der Waals surface area contributed by atoms with E-state index in [1.165, 1.54) is 41.8 Å². The Balaban J connectivity index is 2.04. The molecule has 2 aromatic rings. The monoisotopic (exact) mass is 275 g/mol. The van der Waals surface area contributed by atoms with Crippen LogP contribution >= 0.6 is 11.3 Å². The average molecular weight is 275 g/mol. The first-order valence-electron chi connectivity index (χ1n) is 4.76. The molecule has 0 unspecified atom stereocenters. The second-order valence-corrected chi connectivity index (χ2v) is 4.33. The molecule has 2 rings (SSSR count). The lowest BCUT2D eigenvalue weighted by Gasteiger charge is -2.09. The van der Waals surface area contributed by atoms with Crippen LogP contribution in [-0.2, 0) is 0 Å². The SMILES string of the molecule is Nc1cnc(Nc2ccc(OC(F)(F)F)cc2)s1. The first-order valence-corrected chi connectivity index (χ1v) is 5.58. The fourth-order valence-electron chi connectivity index (χ4n) is 1.21. The topological polar surface area (TPSA) is 60.2 Å². The van der Waals surface area contributed by atoms with E-state index < -0.39 is 6.36 Å². The van der Waals surface area contributed by atoms with Crippen LogP contribution in [0.25, 0.3) is 0 Å². The smallest absolute Gasteiger partial charge is 0.406 e. The Morgan fingerprint density at radius 1 is 1.22 bits per heavy atom. The quantitative estimate of drug-likeness (QED) is 0.901. The molecule has 0 spiro atoms. The number of alkyl halides is 3. The molecule has 0 saturated heterocycles. The molecule has 0 radical (unpaired) electrons. The van der Waals surface area contributed by atoms with Gasteiger partial charge < -0.3 is 15.8 Å². The number of aromatic nitrogens is 1. The molecule has 8 heteroatoms. The number of nitrogens with zero attached hydrogens (tertiary/aromatic N) is 1. The third-order valence-corrected chi connectivity index (χ3v) is 2.60. The minimum absolute atomic E-state index is 0.272. The van der Waals surface area contributed by atoms with Gasteiger partial charge in [0.1, 0.15) is 10.8 Å². The Morgan fingerprint density at radius 3 is 2.39 bits per heavy atom. The lowest BCUT2D eigenvalue weighted by Crippen LogP contribution is -2.16. The third kappa shape index (κ3) is 3.52. The molecular weight excluding hydrogens is 267 g/mol. The number of rotatable bonds is 3. The zero-order chi connectivity index (χ0) is 13.2. The van der Waals surface area contributed by atoms with Crippen LogP contribution < -0.4 is 15.8 Å². The van der Waals surface area contributed by atoms with Gasteiger partial charge in [-0.3, -0.25) is 0 Å². The maximum absolute atomic E-state index is 11.9. The summed E-state index contributed by atoms with van der Waals surface area (Å²) in [7, 11) is 0. The predicted molar refractivity (Wildman–Crippen MR) is 62.9 cm³/mol. The van der Waals surface area contributed by atoms with Gasteiger partial charge in [-0.25, -0.2) is 4.98 Å². The van der Waals surface area contributed by atoms with E-state index in [0.29, 0.717) is 15.8 Å². The summed E-state index contributed by atoms with van der Waals surface area (Å²) in [5, 5.41) is 4.02. The van der Waals surface area contributed by atoms with Gasteiger partial charge in [0.15, 0.2) is 5.13 Å². The number of halogens is 3. The van der Waals surface area contributed by atoms with E-state index in [2.05, 4.69) is 15.0 Å². The van der Waals surface area contributed by atoms with Crippen molar-refractivity contribution in [1.29, 1.82) is 0 Å². The zero-order valence-electron chi connectivity index (χ0n) is 8.86. The van der Waals surface area contributed by atoms with Gasteiger partial charge in [-0.1, -0.05) is 11.3 Å². The van der Waals surface area contributed by atoms with Crippen LogP contribution in [0.15, 0.2) is 30.5 Å². The minimum Gasteiger partial charge on any atom is -0.406 e. The van der Waals surface area contributed by atoms with Crippen molar-refractivity contribution in [3.63, 3.8) is 0 Å². The molecule has 0 aliphatic carbocycles. The molecule has 96 valence electrons. The molecule has 0 aliphatic heterocycles. The highest BCUT2D eigenvalue weighted by Gasteiger charge is 2.30. The number of nitrogen functional groups attached to an aromatic ring is 1. The van der Waals surface area contributed by atoms with Crippen LogP contribution in [0.5, 0.6) is 5.75 Å². The lowest BCUT2D eigenvalue weighted by atomic mass is 10.3. The number of nitrogens with one attached hydrogen (secondary N) is 1. The molecule has 1 heterocycles. The van der Waals surface area contributed by atoms with E-state index in [0.717, 1.165) is 0 Å². The summed E-state index contributed by atoms with van der Waals surface area (Å²) in [5.74, 6) is -0.272. The van der Waals surface area contributed by atoms with Crippen LogP contribution in [0.4, 0.5) is 29.0 Å². The standard InChI is InChI=1S/C10H8F3N3OS/c11-10(12,13)17-7-3-1-6(2-4-7)16-9-15-5-8(14)18-9/h1-5H,14H2,(H,15,16). The molecule has 0 bridgehead atoms. The third-order valence-electron chi connectivity index (χ3n) is 1.86. The highest BCUT2D eigenvalue weighted by Crippen LogP contribution is 2.27. The summed E-state index contributed by atoms with van der Waals surface area (Å²) in [6, 6.07) is 5.34. The number of hydrogen-bond donors (Lipinski definition) is 2. The van der Waals surface area contributed by atoms with Gasteiger partial charge in [0.2, 0.25) is 0 Å². The van der Waals surface area contributed by atoms with E-state index in [4.69, 9.17) is 5.73 Å². The van der Waals surface area contributed by atoms with Gasteiger partial charge in [0, 0.05) is 5.69 Å². The van der Waals surface area contributed by atoms with Crippen molar-refractivity contribution in [3.8, 4) is 5.75 Å². The largest absolute Gasteiger partial charge is 0.573 e. The van der Waals surface area contributed by atoms with E-state index >= 15 is 0 Å². The van der Waals surface area contributed by atoms with Crippen molar-refractivity contribution in [3.05, 3.63) is 30.5 Å². The molecule has 0 aliphatic rings. The van der Waals surface area contributed by atoms with E-state index in [-0.39, 0.29) is 5.75 Å². The molecular formula is C10H8F3N3OS. The van der Waals surface area contributed by atoms with Gasteiger partial charge in [0.25, 0.3) is 0 Å². The van der Waals surface area contributed by atoms with Crippen molar-refractivity contribution in [1.82, 2.24) is 4.98 Å². The highest BCUT2D eigenvalue weighted by molar-refractivity contribution is 7.19. The van der Waals surface area contributed by atoms with Gasteiger partial charge in [-0.15, -0.1) is 13.2 Å². The zero-order valence-corrected chi connectivity index (χ0v) is 9.68. The summed E-state index contributed by atoms with van der Waals surface area (Å²) in [6.45, 7) is 0. The Hall–Kier alpha value is -1.96. The number of thiazole rings is 1. The van der Waals surface area contributed by atoms with Gasteiger partial charge in [0.05, 0.1) is 6.20 Å². The molecule has 0 fully saturated rings. The van der Waals surface area contributed by atoms with Crippen molar-refractivity contribution in [2.45, 2.75) is 6.36 Å². The van der Waals surface area contributed by atoms with Crippen LogP contribution in [-0.4, -0.2) is 11.3 Å². The number of hydrogen-bond acceptors (Lipinski definition) is 5. The highest BCUT2D eigenvalue weighted by atomic mass is 32.1. The van der Waals surface area contributed by atoms with Crippen molar-refractivity contribution >= 4 is 27.2 Å². The summed E-state index contributed by atoms with van der Waals surface area (Å²) in [5.41, 5.74) is 6.09. The van der Waals surface area contributed by atoms with Crippen molar-refractivity contribution < 1.29 is 17.9 Å². The molecule has 18 heavy (non-hydrogen) atoms. The fourth-order valence-corrected chi connectivity index (χ4v) is 1.81. The normalized spacial score (nSPS) is 11.3. The fraction of sp³-hybridized carbons (Fsp3) is 0.100. The van der Waals surface area contributed by atoms with Crippen molar-refractivity contribution in [2.75, 3.05) is 11.1 Å². The van der Waals surface area contributed by atoms with Gasteiger partial charge in [-0.05, 0) is 24.3 Å². The molecule has 3 N–H and O–H groups in total. The van der Waals surface area contributed by atoms with Gasteiger partial charge >= 0.3 is 6.36 Å². The maximum Gasteiger partial charge on any atom is 0.573 e. The Labute approximate surface area is 104 Å². The molecule has 1 aromatic carbocycles. The van der Waals surface area contributed by atoms with Crippen LogP contribution in [0.1, 0.15) is 0 Å². The first kappa shape index (κ1) is 12.5. The average Bonchev–Trinajstić information content (AvgIpc) is 2.65. The summed E-state index contributed by atoms with van der Waals surface area (Å²) < 4.78 is 39.5. The number of nitrogens with two attached hydrogens (primary N) is 1. The summed E-state index contributed by atoms with van der Waals surface area (Å²) in [6.07, 6.45) is -3.19. The number of benzene rings is 1. The second kappa shape index (κ2) is 4.73. The Morgan fingerprint density at radius 2 is 1.89 bits per heavy atom.